The van der Waals surface area contributed by atoms with Crippen molar-refractivity contribution < 1.29 is 0 Å². The Morgan fingerprint density at radius 3 is 2.88 bits per heavy atom. The highest BCUT2D eigenvalue weighted by molar-refractivity contribution is 9.09. The van der Waals surface area contributed by atoms with Crippen molar-refractivity contribution in [2.75, 3.05) is 6.67 Å². The lowest BCUT2D eigenvalue weighted by molar-refractivity contribution is 1.01. The first-order valence-electron chi connectivity index (χ1n) is 2.65. The maximum atomic E-state index is 5.11. The normalized spacial score (nSPS) is 14.9. The second-order valence-electron chi connectivity index (χ2n) is 1.44. The van der Waals surface area contributed by atoms with E-state index in [2.05, 4.69) is 27.8 Å². The Labute approximate surface area is 58.3 Å². The minimum absolute atomic E-state index is 0.391. The molecule has 2 nitrogen and oxygen atoms in total. The van der Waals surface area contributed by atoms with Crippen molar-refractivity contribution in [2.24, 2.45) is 10.7 Å². The predicted molar refractivity (Wildman–Crippen MR) is 40.6 cm³/mol. The van der Waals surface area contributed by atoms with Gasteiger partial charge in [0.2, 0.25) is 0 Å². The molecule has 3 heteroatoms. The van der Waals surface area contributed by atoms with Gasteiger partial charge in [-0.2, -0.15) is 0 Å². The van der Waals surface area contributed by atoms with Gasteiger partial charge in [0.05, 0.1) is 6.67 Å². The van der Waals surface area contributed by atoms with Crippen LogP contribution in [0.15, 0.2) is 4.99 Å². The second-order valence-corrected chi connectivity index (χ2v) is 2.61. The standard InChI is InChI=1S/C5H11BrN2/c1-2-5(6)3-8-4-7/h3,5H,2,4,7H2,1H3/b8-3-. The molecule has 0 aliphatic heterocycles. The van der Waals surface area contributed by atoms with Crippen LogP contribution in [0.2, 0.25) is 0 Å². The monoisotopic (exact) mass is 178 g/mol. The molecule has 0 aromatic heterocycles. The number of nitrogens with two attached hydrogens (primary N) is 1. The zero-order chi connectivity index (χ0) is 6.41. The molecule has 1 atom stereocenters. The van der Waals surface area contributed by atoms with Gasteiger partial charge in [-0.25, -0.2) is 0 Å². The summed E-state index contributed by atoms with van der Waals surface area (Å²) < 4.78 is 0. The highest BCUT2D eigenvalue weighted by Crippen LogP contribution is 1.99. The molecule has 0 aromatic rings. The maximum Gasteiger partial charge on any atom is 0.0855 e. The number of hydrogen-bond acceptors (Lipinski definition) is 2. The molecule has 0 fully saturated rings. The Bertz CT molecular complexity index is 72.8. The van der Waals surface area contributed by atoms with E-state index in [1.54, 1.807) is 0 Å². The molecule has 1 unspecified atom stereocenters. The van der Waals surface area contributed by atoms with Gasteiger partial charge in [-0.1, -0.05) is 22.9 Å². The fourth-order valence-corrected chi connectivity index (χ4v) is 0.448. The van der Waals surface area contributed by atoms with Crippen LogP contribution < -0.4 is 5.73 Å². The van der Waals surface area contributed by atoms with E-state index in [1.807, 2.05) is 6.21 Å². The van der Waals surface area contributed by atoms with Crippen LogP contribution in [0.4, 0.5) is 0 Å². The first-order valence-corrected chi connectivity index (χ1v) is 3.57. The fourth-order valence-electron chi connectivity index (χ4n) is 0.281. The van der Waals surface area contributed by atoms with E-state index in [1.165, 1.54) is 0 Å². The predicted octanol–water partition coefficient (Wildman–Crippen LogP) is 1.15. The molecule has 48 valence electrons. The molecule has 0 aliphatic rings. The Kier molecular flexibility index (Phi) is 5.32. The van der Waals surface area contributed by atoms with Gasteiger partial charge >= 0.3 is 0 Å². The fraction of sp³-hybridized carbons (Fsp3) is 0.800. The molecular weight excluding hydrogens is 168 g/mol. The first kappa shape index (κ1) is 8.11. The molecular formula is C5H11BrN2. The average Bonchev–Trinajstić information content (AvgIpc) is 1.83. The van der Waals surface area contributed by atoms with E-state index in [9.17, 15) is 0 Å². The van der Waals surface area contributed by atoms with Crippen molar-refractivity contribution in [3.8, 4) is 0 Å². The lowest BCUT2D eigenvalue weighted by atomic mass is 10.4. The molecule has 0 amide bonds. The highest BCUT2D eigenvalue weighted by atomic mass is 79.9. The van der Waals surface area contributed by atoms with Crippen molar-refractivity contribution in [2.45, 2.75) is 18.2 Å². The summed E-state index contributed by atoms with van der Waals surface area (Å²) in [5, 5.41) is 0. The molecule has 0 saturated carbocycles. The third kappa shape index (κ3) is 4.27. The molecule has 0 aromatic carbocycles. The Balaban J connectivity index is 3.21. The summed E-state index contributed by atoms with van der Waals surface area (Å²) in [6.07, 6.45) is 2.88. The van der Waals surface area contributed by atoms with Crippen molar-refractivity contribution >= 4 is 22.1 Å². The summed E-state index contributed by atoms with van der Waals surface area (Å²) >= 11 is 3.37. The van der Waals surface area contributed by atoms with E-state index in [0.29, 0.717) is 11.5 Å². The third-order valence-corrected chi connectivity index (χ3v) is 1.65. The SMILES string of the molecule is CCC(Br)/C=N\CN. The molecule has 0 rings (SSSR count). The third-order valence-electron chi connectivity index (χ3n) is 0.763. The quantitative estimate of drug-likeness (QED) is 0.512. The summed E-state index contributed by atoms with van der Waals surface area (Å²) in [6, 6.07) is 0. The van der Waals surface area contributed by atoms with Crippen LogP contribution in [0.5, 0.6) is 0 Å². The van der Waals surface area contributed by atoms with Gasteiger partial charge in [-0.05, 0) is 6.42 Å². The lowest BCUT2D eigenvalue weighted by Gasteiger charge is -1.93. The second kappa shape index (κ2) is 5.25. The highest BCUT2D eigenvalue weighted by Gasteiger charge is 1.90. The number of nitrogens with zero attached hydrogens (tertiary/aromatic N) is 1. The van der Waals surface area contributed by atoms with Crippen molar-refractivity contribution in [1.29, 1.82) is 0 Å². The Morgan fingerprint density at radius 1 is 1.88 bits per heavy atom. The van der Waals surface area contributed by atoms with Crippen LogP contribution in [0.25, 0.3) is 0 Å². The molecule has 0 bridgehead atoms. The van der Waals surface area contributed by atoms with E-state index < -0.39 is 0 Å². The van der Waals surface area contributed by atoms with Crippen LogP contribution in [0.3, 0.4) is 0 Å². The smallest absolute Gasteiger partial charge is 0.0855 e. The average molecular weight is 179 g/mol. The molecule has 8 heavy (non-hydrogen) atoms. The van der Waals surface area contributed by atoms with Gasteiger partial charge < -0.3 is 5.73 Å². The number of halogens is 1. The van der Waals surface area contributed by atoms with Crippen LogP contribution in [0.1, 0.15) is 13.3 Å². The van der Waals surface area contributed by atoms with Gasteiger partial charge in [0, 0.05) is 11.0 Å². The zero-order valence-corrected chi connectivity index (χ0v) is 6.56. The summed E-state index contributed by atoms with van der Waals surface area (Å²) in [7, 11) is 0. The van der Waals surface area contributed by atoms with Crippen molar-refractivity contribution in [3.05, 3.63) is 0 Å². The zero-order valence-electron chi connectivity index (χ0n) is 4.97. The van der Waals surface area contributed by atoms with Gasteiger partial charge in [0.1, 0.15) is 0 Å². The van der Waals surface area contributed by atoms with Crippen molar-refractivity contribution in [3.63, 3.8) is 0 Å². The molecule has 2 N–H and O–H groups in total. The van der Waals surface area contributed by atoms with Crippen LogP contribution >= 0.6 is 15.9 Å². The van der Waals surface area contributed by atoms with Gasteiger partial charge in [0.15, 0.2) is 0 Å². The number of hydrogen-bond donors (Lipinski definition) is 1. The van der Waals surface area contributed by atoms with Gasteiger partial charge in [0.25, 0.3) is 0 Å². The van der Waals surface area contributed by atoms with E-state index in [4.69, 9.17) is 5.73 Å². The topological polar surface area (TPSA) is 38.4 Å². The lowest BCUT2D eigenvalue weighted by Crippen LogP contribution is -2.00. The molecule has 0 saturated heterocycles. The summed E-state index contributed by atoms with van der Waals surface area (Å²) in [5.41, 5.74) is 5.11. The summed E-state index contributed by atoms with van der Waals surface area (Å²) in [5.74, 6) is 0. The minimum atomic E-state index is 0.391. The molecule has 0 spiro atoms. The number of alkyl halides is 1. The summed E-state index contributed by atoms with van der Waals surface area (Å²) in [4.78, 5) is 4.24. The molecule has 0 heterocycles. The molecule has 0 radical (unpaired) electrons. The minimum Gasteiger partial charge on any atom is -0.312 e. The Hall–Kier alpha value is 0.110. The number of aliphatic imine (C=N–C) groups is 1. The van der Waals surface area contributed by atoms with E-state index >= 15 is 0 Å². The van der Waals surface area contributed by atoms with Crippen LogP contribution in [0, 0.1) is 0 Å². The van der Waals surface area contributed by atoms with E-state index in [0.717, 1.165) is 6.42 Å². The van der Waals surface area contributed by atoms with Gasteiger partial charge in [-0.3, -0.25) is 4.99 Å². The number of rotatable bonds is 3. The largest absolute Gasteiger partial charge is 0.312 e. The maximum absolute atomic E-state index is 5.11. The molecule has 0 aliphatic carbocycles. The summed E-state index contributed by atoms with van der Waals surface area (Å²) in [6.45, 7) is 2.48. The van der Waals surface area contributed by atoms with Gasteiger partial charge in [-0.15, -0.1) is 0 Å². The van der Waals surface area contributed by atoms with Crippen molar-refractivity contribution in [1.82, 2.24) is 0 Å². The van der Waals surface area contributed by atoms with E-state index in [-0.39, 0.29) is 0 Å². The Morgan fingerprint density at radius 2 is 2.50 bits per heavy atom. The van der Waals surface area contributed by atoms with Crippen LogP contribution in [-0.4, -0.2) is 17.7 Å². The first-order chi connectivity index (χ1) is 3.81. The van der Waals surface area contributed by atoms with Crippen LogP contribution in [-0.2, 0) is 0 Å².